The van der Waals surface area contributed by atoms with Crippen LogP contribution in [-0.4, -0.2) is 15.0 Å². The summed E-state index contributed by atoms with van der Waals surface area (Å²) in [5.74, 6) is 2.07. The monoisotopic (exact) mass is 557 g/mol. The van der Waals surface area contributed by atoms with Crippen molar-refractivity contribution in [2.45, 2.75) is 19.3 Å². The first-order valence-electron chi connectivity index (χ1n) is 14.2. The summed E-state index contributed by atoms with van der Waals surface area (Å²) in [7, 11) is 0. The number of hydrogen-bond donors (Lipinski definition) is 0. The Kier molecular flexibility index (Phi) is 5.66. The molecule has 1 aliphatic rings. The highest BCUT2D eigenvalue weighted by atomic mass is 32.1. The lowest BCUT2D eigenvalue weighted by Crippen LogP contribution is -2.14. The molecule has 0 fully saturated rings. The van der Waals surface area contributed by atoms with Crippen LogP contribution in [0, 0.1) is 0 Å². The van der Waals surface area contributed by atoms with Gasteiger partial charge in [0.25, 0.3) is 0 Å². The third kappa shape index (κ3) is 3.91. The number of nitrogens with zero attached hydrogens (tertiary/aromatic N) is 3. The molecule has 0 saturated heterocycles. The Hall–Kier alpha value is -4.93. The summed E-state index contributed by atoms with van der Waals surface area (Å²) in [6.07, 6.45) is 0. The number of benzene rings is 5. The van der Waals surface area contributed by atoms with Crippen molar-refractivity contribution in [3.05, 3.63) is 139 Å². The molecule has 42 heavy (non-hydrogen) atoms. The third-order valence-corrected chi connectivity index (χ3v) is 9.49. The molecule has 2 aromatic heterocycles. The average Bonchev–Trinajstić information content (AvgIpc) is 3.58. The van der Waals surface area contributed by atoms with Gasteiger partial charge in [-0.25, -0.2) is 15.0 Å². The van der Waals surface area contributed by atoms with Crippen molar-refractivity contribution in [2.24, 2.45) is 0 Å². The van der Waals surface area contributed by atoms with Gasteiger partial charge in [0.2, 0.25) is 0 Å². The van der Waals surface area contributed by atoms with Crippen LogP contribution >= 0.6 is 11.3 Å². The van der Waals surface area contributed by atoms with E-state index in [-0.39, 0.29) is 5.41 Å². The maximum absolute atomic E-state index is 5.22. The van der Waals surface area contributed by atoms with Crippen LogP contribution in [0.5, 0.6) is 0 Å². The highest BCUT2D eigenvalue weighted by Crippen LogP contribution is 2.51. The number of hydrogen-bond acceptors (Lipinski definition) is 4. The normalized spacial score (nSPS) is 13.2. The van der Waals surface area contributed by atoms with Gasteiger partial charge < -0.3 is 0 Å². The molecular weight excluding hydrogens is 531 g/mol. The van der Waals surface area contributed by atoms with E-state index in [1.807, 2.05) is 6.07 Å². The van der Waals surface area contributed by atoms with Crippen LogP contribution in [-0.2, 0) is 5.41 Å². The molecule has 2 heterocycles. The van der Waals surface area contributed by atoms with Crippen LogP contribution in [0.4, 0.5) is 0 Å². The molecule has 5 aromatic carbocycles. The van der Waals surface area contributed by atoms with Crippen molar-refractivity contribution < 1.29 is 0 Å². The van der Waals surface area contributed by atoms with Crippen molar-refractivity contribution in [3.8, 4) is 55.7 Å². The minimum Gasteiger partial charge on any atom is -0.208 e. The van der Waals surface area contributed by atoms with Gasteiger partial charge in [-0.3, -0.25) is 0 Å². The molecule has 0 spiro atoms. The van der Waals surface area contributed by atoms with Crippen molar-refractivity contribution >= 4 is 21.4 Å². The molecule has 0 radical (unpaired) electrons. The van der Waals surface area contributed by atoms with Crippen LogP contribution in [0.1, 0.15) is 25.0 Å². The van der Waals surface area contributed by atoms with Crippen LogP contribution in [0.2, 0.25) is 0 Å². The van der Waals surface area contributed by atoms with Crippen molar-refractivity contribution in [1.82, 2.24) is 15.0 Å². The Labute approximate surface area is 249 Å². The van der Waals surface area contributed by atoms with E-state index in [0.717, 1.165) is 27.1 Å². The van der Waals surface area contributed by atoms with E-state index >= 15 is 0 Å². The van der Waals surface area contributed by atoms with Gasteiger partial charge in [0, 0.05) is 21.2 Å². The Morgan fingerprint density at radius 1 is 0.500 bits per heavy atom. The molecule has 4 heteroatoms. The predicted molar refractivity (Wildman–Crippen MR) is 175 cm³/mol. The van der Waals surface area contributed by atoms with E-state index in [1.165, 1.54) is 32.3 Å². The fraction of sp³-hybridized carbons (Fsp3) is 0.0789. The second kappa shape index (κ2) is 9.57. The fourth-order valence-electron chi connectivity index (χ4n) is 6.31. The third-order valence-electron chi connectivity index (χ3n) is 8.38. The molecule has 200 valence electrons. The summed E-state index contributed by atoms with van der Waals surface area (Å²) in [4.78, 5) is 16.6. The van der Waals surface area contributed by atoms with E-state index in [2.05, 4.69) is 135 Å². The molecule has 8 rings (SSSR count). The minimum absolute atomic E-state index is 0.105. The zero-order valence-electron chi connectivity index (χ0n) is 23.4. The molecule has 0 amide bonds. The Morgan fingerprint density at radius 2 is 1.10 bits per heavy atom. The van der Waals surface area contributed by atoms with Gasteiger partial charge in [-0.2, -0.15) is 0 Å². The first kappa shape index (κ1) is 24.8. The Bertz CT molecular complexity index is 2090. The largest absolute Gasteiger partial charge is 0.208 e. The van der Waals surface area contributed by atoms with Crippen molar-refractivity contribution in [2.75, 3.05) is 0 Å². The average molecular weight is 558 g/mol. The standard InChI is InChI=1S/C38H27N3S/c1-38(2)30-20-10-9-18-28(30)34-29(19-12-21-31(34)38)36-39-35(27-17-8-7-16-26(27)24-13-4-3-5-14-24)40-37(41-36)33-23-25-15-6-11-22-32(25)42-33/h3-23H,1-2H3. The molecule has 0 bridgehead atoms. The Balaban J connectivity index is 1.40. The first-order valence-corrected chi connectivity index (χ1v) is 15.0. The van der Waals surface area contributed by atoms with E-state index in [4.69, 9.17) is 15.0 Å². The first-order chi connectivity index (χ1) is 20.6. The highest BCUT2D eigenvalue weighted by molar-refractivity contribution is 7.22. The number of aromatic nitrogens is 3. The Morgan fingerprint density at radius 3 is 1.90 bits per heavy atom. The summed E-state index contributed by atoms with van der Waals surface area (Å²) >= 11 is 1.72. The number of thiophene rings is 1. The molecular formula is C38H27N3S. The molecule has 7 aromatic rings. The lowest BCUT2D eigenvalue weighted by atomic mass is 9.82. The highest BCUT2D eigenvalue weighted by Gasteiger charge is 2.37. The molecule has 1 aliphatic carbocycles. The lowest BCUT2D eigenvalue weighted by molar-refractivity contribution is 0.660. The fourth-order valence-corrected chi connectivity index (χ4v) is 7.30. The topological polar surface area (TPSA) is 38.7 Å². The van der Waals surface area contributed by atoms with Crippen molar-refractivity contribution in [3.63, 3.8) is 0 Å². The smallest absolute Gasteiger partial charge is 0.174 e. The summed E-state index contributed by atoms with van der Waals surface area (Å²) in [5, 5.41) is 1.20. The second-order valence-electron chi connectivity index (χ2n) is 11.3. The van der Waals surface area contributed by atoms with E-state index in [9.17, 15) is 0 Å². The SMILES string of the molecule is CC1(C)c2ccccc2-c2c(-c3nc(-c4cc5ccccc5s4)nc(-c4ccccc4-c4ccccc4)n3)cccc21. The molecule has 3 nitrogen and oxygen atoms in total. The molecule has 0 unspecified atom stereocenters. The summed E-state index contributed by atoms with van der Waals surface area (Å²) in [6.45, 7) is 4.61. The minimum atomic E-state index is -0.105. The van der Waals surface area contributed by atoms with Gasteiger partial charge in [0.05, 0.1) is 4.88 Å². The predicted octanol–water partition coefficient (Wildman–Crippen LogP) is 10.1. The number of fused-ring (bicyclic) bond motifs is 4. The zero-order chi connectivity index (χ0) is 28.3. The molecule has 0 atom stereocenters. The summed E-state index contributed by atoms with van der Waals surface area (Å²) in [6, 6.07) is 44.8. The second-order valence-corrected chi connectivity index (χ2v) is 12.3. The molecule has 0 N–H and O–H groups in total. The summed E-state index contributed by atoms with van der Waals surface area (Å²) < 4.78 is 1.22. The van der Waals surface area contributed by atoms with Crippen LogP contribution in [0.3, 0.4) is 0 Å². The maximum Gasteiger partial charge on any atom is 0.174 e. The van der Waals surface area contributed by atoms with Gasteiger partial charge in [-0.15, -0.1) is 11.3 Å². The quantitative estimate of drug-likeness (QED) is 0.216. The van der Waals surface area contributed by atoms with Crippen LogP contribution in [0.15, 0.2) is 127 Å². The van der Waals surface area contributed by atoms with E-state index in [0.29, 0.717) is 17.5 Å². The van der Waals surface area contributed by atoms with E-state index in [1.54, 1.807) is 11.3 Å². The van der Waals surface area contributed by atoms with Gasteiger partial charge in [-0.1, -0.05) is 129 Å². The van der Waals surface area contributed by atoms with Crippen LogP contribution in [0.25, 0.3) is 65.8 Å². The lowest BCUT2D eigenvalue weighted by Gasteiger charge is -2.21. The zero-order valence-corrected chi connectivity index (χ0v) is 24.2. The molecule has 0 saturated carbocycles. The number of rotatable bonds is 4. The van der Waals surface area contributed by atoms with Gasteiger partial charge in [-0.05, 0) is 50.9 Å². The summed E-state index contributed by atoms with van der Waals surface area (Å²) in [5.41, 5.74) is 9.26. The van der Waals surface area contributed by atoms with Gasteiger partial charge >= 0.3 is 0 Å². The van der Waals surface area contributed by atoms with E-state index < -0.39 is 0 Å². The van der Waals surface area contributed by atoms with Crippen molar-refractivity contribution in [1.29, 1.82) is 0 Å². The molecule has 0 aliphatic heterocycles. The van der Waals surface area contributed by atoms with Gasteiger partial charge in [0.1, 0.15) is 0 Å². The van der Waals surface area contributed by atoms with Crippen LogP contribution < -0.4 is 0 Å². The maximum atomic E-state index is 5.22. The van der Waals surface area contributed by atoms with Gasteiger partial charge in [0.15, 0.2) is 17.5 Å².